The van der Waals surface area contributed by atoms with Gasteiger partial charge in [-0.25, -0.2) is 10.4 Å². The standard InChI is InChI=1S/C23H37N7/c1-3-8-18-16(6-1)20(14-27-29-22-10-5-11-24-22)17-7-2-4-9-19(17)21(18)15-28-30-23-25-12-13-26-23/h14-21H,1-13H2,(H,24,29)(H2,25,26,30). The molecule has 3 N–H and O–H groups in total. The smallest absolute Gasteiger partial charge is 0.212 e. The van der Waals surface area contributed by atoms with Crippen molar-refractivity contribution in [2.24, 2.45) is 55.7 Å². The molecular formula is C23H37N7. The number of rotatable bonds is 4. The van der Waals surface area contributed by atoms with Crippen molar-refractivity contribution in [3.63, 3.8) is 0 Å². The molecule has 164 valence electrons. The van der Waals surface area contributed by atoms with Gasteiger partial charge in [-0.3, -0.25) is 10.4 Å². The molecule has 3 fully saturated rings. The van der Waals surface area contributed by atoms with Crippen LogP contribution in [0.25, 0.3) is 0 Å². The van der Waals surface area contributed by atoms with Crippen molar-refractivity contribution in [1.29, 1.82) is 0 Å². The van der Waals surface area contributed by atoms with Crippen LogP contribution in [0.1, 0.15) is 64.2 Å². The lowest BCUT2D eigenvalue weighted by molar-refractivity contribution is -0.00455. The number of nitrogens with zero attached hydrogens (tertiary/aromatic N) is 4. The van der Waals surface area contributed by atoms with Crippen molar-refractivity contribution in [1.82, 2.24) is 16.2 Å². The Kier molecular flexibility index (Phi) is 6.32. The number of guanidine groups is 1. The first-order valence-electron chi connectivity index (χ1n) is 12.3. The summed E-state index contributed by atoms with van der Waals surface area (Å²) >= 11 is 0. The topological polar surface area (TPSA) is 85.5 Å². The predicted octanol–water partition coefficient (Wildman–Crippen LogP) is 3.15. The molecule has 0 spiro atoms. The van der Waals surface area contributed by atoms with Crippen molar-refractivity contribution in [3.05, 3.63) is 0 Å². The van der Waals surface area contributed by atoms with Gasteiger partial charge in [0.25, 0.3) is 0 Å². The third kappa shape index (κ3) is 4.26. The Hall–Kier alpha value is -1.92. The zero-order valence-electron chi connectivity index (χ0n) is 18.1. The van der Waals surface area contributed by atoms with Gasteiger partial charge in [0, 0.05) is 43.8 Å². The summed E-state index contributed by atoms with van der Waals surface area (Å²) < 4.78 is 0. The van der Waals surface area contributed by atoms with E-state index in [1.54, 1.807) is 0 Å². The van der Waals surface area contributed by atoms with Crippen molar-refractivity contribution >= 4 is 24.2 Å². The van der Waals surface area contributed by atoms with E-state index in [1.165, 1.54) is 51.4 Å². The highest BCUT2D eigenvalue weighted by atomic mass is 15.4. The van der Waals surface area contributed by atoms with Crippen LogP contribution in [0.5, 0.6) is 0 Å². The summed E-state index contributed by atoms with van der Waals surface area (Å²) in [4.78, 5) is 8.92. The van der Waals surface area contributed by atoms with Crippen LogP contribution in [0, 0.1) is 35.5 Å². The number of aliphatic imine (C=N–C) groups is 2. The molecular weight excluding hydrogens is 374 g/mol. The van der Waals surface area contributed by atoms with Crippen LogP contribution in [0.3, 0.4) is 0 Å². The zero-order valence-corrected chi connectivity index (χ0v) is 18.1. The molecule has 2 heterocycles. The zero-order chi connectivity index (χ0) is 20.2. The number of hydrazone groups is 2. The number of nitrogens with one attached hydrogen (secondary N) is 3. The summed E-state index contributed by atoms with van der Waals surface area (Å²) in [6.45, 7) is 2.71. The Bertz CT molecular complexity index is 628. The van der Waals surface area contributed by atoms with Gasteiger partial charge in [-0.15, -0.1) is 0 Å². The van der Waals surface area contributed by atoms with E-state index in [1.807, 2.05) is 0 Å². The van der Waals surface area contributed by atoms with E-state index in [2.05, 4.69) is 43.7 Å². The Morgan fingerprint density at radius 2 is 1.33 bits per heavy atom. The van der Waals surface area contributed by atoms with E-state index in [0.717, 1.165) is 67.9 Å². The summed E-state index contributed by atoms with van der Waals surface area (Å²) in [5, 5.41) is 12.6. The quantitative estimate of drug-likeness (QED) is 0.491. The first-order chi connectivity index (χ1) is 14.9. The lowest BCUT2D eigenvalue weighted by Crippen LogP contribution is -2.50. The maximum absolute atomic E-state index is 4.72. The molecule has 0 aromatic carbocycles. The minimum Gasteiger partial charge on any atom is -0.353 e. The molecule has 3 saturated carbocycles. The summed E-state index contributed by atoms with van der Waals surface area (Å²) in [6.07, 6.45) is 17.6. The summed E-state index contributed by atoms with van der Waals surface area (Å²) in [5.74, 6) is 6.06. The third-order valence-corrected chi connectivity index (χ3v) is 8.13. The fourth-order valence-electron chi connectivity index (χ4n) is 6.85. The van der Waals surface area contributed by atoms with Crippen LogP contribution in [0.2, 0.25) is 0 Å². The molecule has 5 rings (SSSR count). The third-order valence-electron chi connectivity index (χ3n) is 8.13. The van der Waals surface area contributed by atoms with Crippen LogP contribution in [-0.2, 0) is 0 Å². The lowest BCUT2D eigenvalue weighted by atomic mass is 9.51. The molecule has 5 aliphatic rings. The average Bonchev–Trinajstić information content (AvgIpc) is 3.49. The van der Waals surface area contributed by atoms with E-state index in [9.17, 15) is 0 Å². The van der Waals surface area contributed by atoms with Crippen molar-refractivity contribution in [2.45, 2.75) is 64.2 Å². The second kappa shape index (κ2) is 9.48. The van der Waals surface area contributed by atoms with Crippen molar-refractivity contribution in [2.75, 3.05) is 19.6 Å². The van der Waals surface area contributed by atoms with E-state index >= 15 is 0 Å². The SMILES string of the molecule is C(=NNC1=NCCC1)C1C2CCCCC2C(C=NNC2=NCCN2)C2CCCCC12. The Morgan fingerprint density at radius 1 is 0.733 bits per heavy atom. The van der Waals surface area contributed by atoms with Crippen LogP contribution in [0.15, 0.2) is 20.2 Å². The summed E-state index contributed by atoms with van der Waals surface area (Å²) in [5.41, 5.74) is 6.42. The average molecular weight is 412 g/mol. The van der Waals surface area contributed by atoms with Gasteiger partial charge in [-0.1, -0.05) is 25.7 Å². The highest BCUT2D eigenvalue weighted by molar-refractivity contribution is 5.84. The van der Waals surface area contributed by atoms with Gasteiger partial charge in [0.05, 0.1) is 6.54 Å². The number of hydrogen-bond donors (Lipinski definition) is 3. The molecule has 3 aliphatic carbocycles. The normalized spacial score (nSPS) is 38.7. The minimum atomic E-state index is 0.590. The van der Waals surface area contributed by atoms with Crippen LogP contribution < -0.4 is 16.2 Å². The monoisotopic (exact) mass is 411 g/mol. The second-order valence-corrected chi connectivity index (χ2v) is 9.75. The highest BCUT2D eigenvalue weighted by Crippen LogP contribution is 2.54. The predicted molar refractivity (Wildman–Crippen MR) is 123 cm³/mol. The molecule has 0 aromatic rings. The lowest BCUT2D eigenvalue weighted by Gasteiger charge is -2.53. The van der Waals surface area contributed by atoms with E-state index < -0.39 is 0 Å². The summed E-state index contributed by atoms with van der Waals surface area (Å²) in [7, 11) is 0. The molecule has 7 nitrogen and oxygen atoms in total. The van der Waals surface area contributed by atoms with E-state index in [-0.39, 0.29) is 0 Å². The maximum Gasteiger partial charge on any atom is 0.212 e. The van der Waals surface area contributed by atoms with Crippen LogP contribution in [0.4, 0.5) is 0 Å². The fourth-order valence-corrected chi connectivity index (χ4v) is 6.85. The number of amidine groups is 1. The van der Waals surface area contributed by atoms with Gasteiger partial charge in [0.2, 0.25) is 5.96 Å². The van der Waals surface area contributed by atoms with E-state index in [0.29, 0.717) is 11.8 Å². The van der Waals surface area contributed by atoms with Crippen molar-refractivity contribution < 1.29 is 0 Å². The molecule has 4 unspecified atom stereocenters. The molecule has 0 radical (unpaired) electrons. The number of fused-ring (bicyclic) bond motifs is 2. The van der Waals surface area contributed by atoms with Crippen LogP contribution in [-0.4, -0.2) is 43.9 Å². The molecule has 0 amide bonds. The Morgan fingerprint density at radius 3 is 1.83 bits per heavy atom. The molecule has 2 aliphatic heterocycles. The molecule has 0 aromatic heterocycles. The molecule has 4 atom stereocenters. The fraction of sp³-hybridized carbons (Fsp3) is 0.826. The van der Waals surface area contributed by atoms with E-state index in [4.69, 9.17) is 5.10 Å². The molecule has 7 heteroatoms. The van der Waals surface area contributed by atoms with Gasteiger partial charge < -0.3 is 5.32 Å². The first kappa shape index (κ1) is 20.0. The first-order valence-corrected chi connectivity index (χ1v) is 12.3. The molecule has 30 heavy (non-hydrogen) atoms. The van der Waals surface area contributed by atoms with Gasteiger partial charge in [0.1, 0.15) is 5.84 Å². The van der Waals surface area contributed by atoms with Gasteiger partial charge in [-0.2, -0.15) is 10.2 Å². The maximum atomic E-state index is 4.72. The van der Waals surface area contributed by atoms with Crippen LogP contribution >= 0.6 is 0 Å². The Labute approximate surface area is 180 Å². The van der Waals surface area contributed by atoms with Gasteiger partial charge in [-0.05, 0) is 55.8 Å². The largest absolute Gasteiger partial charge is 0.353 e. The second-order valence-electron chi connectivity index (χ2n) is 9.75. The van der Waals surface area contributed by atoms with Gasteiger partial charge >= 0.3 is 0 Å². The highest BCUT2D eigenvalue weighted by Gasteiger charge is 2.50. The Balaban J connectivity index is 1.33. The minimum absolute atomic E-state index is 0.590. The molecule has 0 bridgehead atoms. The number of hydrogen-bond acceptors (Lipinski definition) is 7. The molecule has 0 saturated heterocycles. The van der Waals surface area contributed by atoms with Crippen molar-refractivity contribution in [3.8, 4) is 0 Å². The summed E-state index contributed by atoms with van der Waals surface area (Å²) in [6, 6.07) is 0. The van der Waals surface area contributed by atoms with Gasteiger partial charge in [0.15, 0.2) is 0 Å².